The molecule has 0 saturated heterocycles. The highest BCUT2D eigenvalue weighted by atomic mass is 31.1. The summed E-state index contributed by atoms with van der Waals surface area (Å²) in [5, 5.41) is 0. The molecule has 0 bridgehead atoms. The molecule has 2 heteroatoms. The first-order valence-corrected chi connectivity index (χ1v) is 2.73. The molecule has 0 unspecified atom stereocenters. The lowest BCUT2D eigenvalue weighted by Crippen LogP contribution is -1.33. The smallest absolute Gasteiger partial charge is 0.0703 e. The minimum atomic E-state index is -1.78. The van der Waals surface area contributed by atoms with Crippen molar-refractivity contribution in [1.29, 1.82) is 0 Å². The van der Waals surface area contributed by atoms with Gasteiger partial charge in [0.2, 0.25) is 0 Å². The molecule has 26 valence electrons. The van der Waals surface area contributed by atoms with Crippen molar-refractivity contribution in [3.8, 4) is 0 Å². The fourth-order valence-electron chi connectivity index (χ4n) is 0. The first-order chi connectivity index (χ1) is 2.81. The molecule has 0 aliphatic heterocycles. The Labute approximate surface area is 29.6 Å². The zero-order valence-corrected chi connectivity index (χ0v) is 3.32. The Kier molecular flexibility index (Phi) is 0.621. The summed E-state index contributed by atoms with van der Waals surface area (Å²) in [6.45, 7) is -0.123. The maximum atomic E-state index is 9.99. The second-order valence-electron chi connectivity index (χ2n) is 0.539. The van der Waals surface area contributed by atoms with Gasteiger partial charge in [0, 0.05) is 2.74 Å². The monoisotopic (exact) mass is 80.0 g/mol. The van der Waals surface area contributed by atoms with E-state index in [-0.39, 0.29) is 13.3 Å². The minimum absolute atomic E-state index is 0.0613. The third-order valence-corrected chi connectivity index (χ3v) is 0. The van der Waals surface area contributed by atoms with Gasteiger partial charge < -0.3 is 4.57 Å². The molecule has 0 amide bonds. The van der Waals surface area contributed by atoms with Crippen LogP contribution in [0, 0.1) is 0 Å². The van der Waals surface area contributed by atoms with Crippen molar-refractivity contribution in [1.82, 2.24) is 0 Å². The Morgan fingerprint density at radius 2 is 2.50 bits per heavy atom. The molecule has 0 fully saturated rings. The Hall–Kier alpha value is 0.230. The zero-order chi connectivity index (χ0) is 4.99. The van der Waals surface area contributed by atoms with Crippen LogP contribution in [0.1, 0.15) is 2.74 Å². The molecule has 0 spiro atoms. The van der Waals surface area contributed by atoms with Crippen LogP contribution in [0.5, 0.6) is 0 Å². The standard InChI is InChI=1S/C2H7OP/c1-4(2)3/h4H,1-2H3/i1D,2D. The van der Waals surface area contributed by atoms with Crippen LogP contribution in [0.3, 0.4) is 0 Å². The predicted molar refractivity (Wildman–Crippen MR) is 20.8 cm³/mol. The third kappa shape index (κ3) is 63.8. The summed E-state index contributed by atoms with van der Waals surface area (Å²) in [5.41, 5.74) is 0. The van der Waals surface area contributed by atoms with Crippen LogP contribution in [0.15, 0.2) is 0 Å². The Balaban J connectivity index is 2.99. The van der Waals surface area contributed by atoms with Crippen molar-refractivity contribution in [2.45, 2.75) is 0 Å². The minimum Gasteiger partial charge on any atom is -0.327 e. The van der Waals surface area contributed by atoms with E-state index in [1.165, 1.54) is 0 Å². The summed E-state index contributed by atoms with van der Waals surface area (Å²) in [4.78, 5) is 0. The van der Waals surface area contributed by atoms with Gasteiger partial charge in [0.25, 0.3) is 0 Å². The molecule has 0 rings (SSSR count). The molecule has 1 nitrogen and oxygen atoms in total. The van der Waals surface area contributed by atoms with Gasteiger partial charge in [0.1, 0.15) is 0 Å². The lowest BCUT2D eigenvalue weighted by Gasteiger charge is -1.59. The first-order valence-electron chi connectivity index (χ1n) is 2.33. The normalized spacial score (nSPS) is 15.2. The van der Waals surface area contributed by atoms with E-state index in [0.29, 0.717) is 0 Å². The summed E-state index contributed by atoms with van der Waals surface area (Å²) < 4.78 is 22.8. The SMILES string of the molecule is [2H]C[PH](=O)C[2H]. The highest BCUT2D eigenvalue weighted by Crippen LogP contribution is 2.00. The van der Waals surface area contributed by atoms with E-state index in [9.17, 15) is 4.57 Å². The molecule has 0 aromatic carbocycles. The van der Waals surface area contributed by atoms with Gasteiger partial charge in [-0.1, -0.05) is 0 Å². The van der Waals surface area contributed by atoms with E-state index in [1.54, 1.807) is 0 Å². The van der Waals surface area contributed by atoms with Crippen molar-refractivity contribution in [2.24, 2.45) is 0 Å². The molecule has 0 saturated carbocycles. The van der Waals surface area contributed by atoms with Gasteiger partial charge in [-0.2, -0.15) is 0 Å². The summed E-state index contributed by atoms with van der Waals surface area (Å²) in [5.74, 6) is 0. The molecule has 0 atom stereocenters. The van der Waals surface area contributed by atoms with Crippen LogP contribution in [0.4, 0.5) is 0 Å². The lowest BCUT2D eigenvalue weighted by atomic mass is 11.9. The highest BCUT2D eigenvalue weighted by molar-refractivity contribution is 7.42. The van der Waals surface area contributed by atoms with Crippen LogP contribution >= 0.6 is 7.80 Å². The topological polar surface area (TPSA) is 17.1 Å². The molecule has 0 aromatic heterocycles. The van der Waals surface area contributed by atoms with Crippen LogP contribution < -0.4 is 0 Å². The summed E-state index contributed by atoms with van der Waals surface area (Å²) in [7, 11) is -1.78. The van der Waals surface area contributed by atoms with Crippen molar-refractivity contribution >= 4 is 7.80 Å². The maximum Gasteiger partial charge on any atom is 0.0703 e. The van der Waals surface area contributed by atoms with Crippen LogP contribution in [0.25, 0.3) is 0 Å². The quantitative estimate of drug-likeness (QED) is 0.393. The van der Waals surface area contributed by atoms with E-state index in [1.807, 2.05) is 0 Å². The van der Waals surface area contributed by atoms with Crippen molar-refractivity contribution < 1.29 is 7.31 Å². The van der Waals surface area contributed by atoms with Gasteiger partial charge in [-0.25, -0.2) is 0 Å². The molecule has 0 aliphatic rings. The fourth-order valence-corrected chi connectivity index (χ4v) is 0. The van der Waals surface area contributed by atoms with Crippen molar-refractivity contribution in [2.75, 3.05) is 13.3 Å². The van der Waals surface area contributed by atoms with E-state index in [4.69, 9.17) is 2.74 Å². The molecule has 0 aliphatic carbocycles. The van der Waals surface area contributed by atoms with Gasteiger partial charge in [-0.15, -0.1) is 0 Å². The number of hydrogen-bond donors (Lipinski definition) is 0. The summed E-state index contributed by atoms with van der Waals surface area (Å²) >= 11 is 0. The van der Waals surface area contributed by atoms with Gasteiger partial charge >= 0.3 is 0 Å². The molecule has 4 heavy (non-hydrogen) atoms. The molecule has 0 radical (unpaired) electrons. The third-order valence-electron chi connectivity index (χ3n) is 0. The van der Waals surface area contributed by atoms with E-state index in [2.05, 4.69) is 0 Å². The van der Waals surface area contributed by atoms with Gasteiger partial charge in [-0.3, -0.25) is 0 Å². The summed E-state index contributed by atoms with van der Waals surface area (Å²) in [6.07, 6.45) is 0. The molecule has 0 heterocycles. The van der Waals surface area contributed by atoms with Crippen molar-refractivity contribution in [3.63, 3.8) is 0 Å². The molecule has 0 aromatic rings. The van der Waals surface area contributed by atoms with Crippen LogP contribution in [-0.2, 0) is 4.57 Å². The highest BCUT2D eigenvalue weighted by Gasteiger charge is 1.58. The zero-order valence-electron chi connectivity index (χ0n) is 4.32. The van der Waals surface area contributed by atoms with Gasteiger partial charge in [0.15, 0.2) is 0 Å². The molecular weight excluding hydrogens is 71.0 g/mol. The summed E-state index contributed by atoms with van der Waals surface area (Å²) in [6, 6.07) is 0. The Morgan fingerprint density at radius 3 is 2.50 bits per heavy atom. The van der Waals surface area contributed by atoms with E-state index >= 15 is 0 Å². The maximum absolute atomic E-state index is 9.99. The Bertz CT molecular complexity index is 49.5. The van der Waals surface area contributed by atoms with Crippen molar-refractivity contribution in [3.05, 3.63) is 0 Å². The first kappa shape index (κ1) is 1.61. The lowest BCUT2D eigenvalue weighted by molar-refractivity contribution is 0.594. The van der Waals surface area contributed by atoms with Gasteiger partial charge in [-0.05, 0) is 13.3 Å². The number of rotatable bonds is 0. The molecular formula is C2H7OP. The fraction of sp³-hybridized carbons (Fsp3) is 1.00. The average Bonchev–Trinajstić information content (AvgIpc) is 1.65. The number of hydrogen-bond acceptors (Lipinski definition) is 1. The largest absolute Gasteiger partial charge is 0.327 e. The predicted octanol–water partition coefficient (Wildman–Crippen LogP) is 0.806. The van der Waals surface area contributed by atoms with Crippen LogP contribution in [-0.4, -0.2) is 13.3 Å². The second-order valence-corrected chi connectivity index (χ2v) is 1.62. The average molecular weight is 80.1 g/mol. The van der Waals surface area contributed by atoms with E-state index < -0.39 is 7.80 Å². The van der Waals surface area contributed by atoms with Crippen LogP contribution in [0.2, 0.25) is 0 Å². The molecule has 0 N–H and O–H groups in total. The van der Waals surface area contributed by atoms with Gasteiger partial charge in [0.05, 0.1) is 7.80 Å². The second kappa shape index (κ2) is 1.54. The van der Waals surface area contributed by atoms with E-state index in [0.717, 1.165) is 0 Å². The Morgan fingerprint density at radius 1 is 2.00 bits per heavy atom.